The molecule has 1 aromatic rings. The van der Waals surface area contributed by atoms with E-state index in [1.54, 1.807) is 6.07 Å². The molecule has 0 aliphatic rings. The SMILES string of the molecule is N=C(N)C(F)(F)c1ccccc1Br. The molecule has 2 nitrogen and oxygen atoms in total. The Hall–Kier alpha value is -0.970. The van der Waals surface area contributed by atoms with E-state index in [2.05, 4.69) is 15.9 Å². The summed E-state index contributed by atoms with van der Waals surface area (Å²) < 4.78 is 26.6. The molecule has 70 valence electrons. The topological polar surface area (TPSA) is 49.9 Å². The van der Waals surface area contributed by atoms with Crippen molar-refractivity contribution in [1.82, 2.24) is 0 Å². The lowest BCUT2D eigenvalue weighted by molar-refractivity contribution is 0.0726. The first kappa shape index (κ1) is 10.1. The molecule has 0 aliphatic heterocycles. The molecular formula is C8H7BrF2N2. The summed E-state index contributed by atoms with van der Waals surface area (Å²) in [4.78, 5) is 0. The van der Waals surface area contributed by atoms with Crippen molar-refractivity contribution in [2.24, 2.45) is 5.73 Å². The van der Waals surface area contributed by atoms with Crippen LogP contribution in [0.4, 0.5) is 8.78 Å². The number of hydrogen-bond donors (Lipinski definition) is 2. The maximum atomic E-state index is 13.2. The molecule has 0 saturated heterocycles. The lowest BCUT2D eigenvalue weighted by Crippen LogP contribution is -2.32. The number of rotatable bonds is 2. The second-order valence-electron chi connectivity index (χ2n) is 2.47. The van der Waals surface area contributed by atoms with Crippen molar-refractivity contribution in [3.8, 4) is 0 Å². The summed E-state index contributed by atoms with van der Waals surface area (Å²) in [5.41, 5.74) is 4.49. The van der Waals surface area contributed by atoms with E-state index in [0.29, 0.717) is 0 Å². The molecule has 5 heteroatoms. The zero-order valence-electron chi connectivity index (χ0n) is 6.52. The van der Waals surface area contributed by atoms with E-state index in [4.69, 9.17) is 11.1 Å². The third-order valence-electron chi connectivity index (χ3n) is 1.55. The van der Waals surface area contributed by atoms with Gasteiger partial charge >= 0.3 is 5.92 Å². The van der Waals surface area contributed by atoms with E-state index >= 15 is 0 Å². The maximum absolute atomic E-state index is 13.2. The highest BCUT2D eigenvalue weighted by atomic mass is 79.9. The fraction of sp³-hybridized carbons (Fsp3) is 0.125. The van der Waals surface area contributed by atoms with Gasteiger partial charge in [-0.15, -0.1) is 0 Å². The highest BCUT2D eigenvalue weighted by Gasteiger charge is 2.37. The Labute approximate surface area is 82.4 Å². The first-order chi connectivity index (χ1) is 5.96. The minimum Gasteiger partial charge on any atom is -0.382 e. The van der Waals surface area contributed by atoms with Crippen LogP contribution >= 0.6 is 15.9 Å². The van der Waals surface area contributed by atoms with Crippen LogP contribution in [0.5, 0.6) is 0 Å². The first-order valence-corrected chi connectivity index (χ1v) is 4.23. The van der Waals surface area contributed by atoms with E-state index in [0.717, 1.165) is 0 Å². The van der Waals surface area contributed by atoms with Crippen molar-refractivity contribution >= 4 is 21.8 Å². The van der Waals surface area contributed by atoms with Crippen LogP contribution in [0, 0.1) is 5.41 Å². The van der Waals surface area contributed by atoms with E-state index in [1.807, 2.05) is 0 Å². The van der Waals surface area contributed by atoms with E-state index in [-0.39, 0.29) is 10.0 Å². The van der Waals surface area contributed by atoms with Gasteiger partial charge in [0.05, 0.1) is 0 Å². The van der Waals surface area contributed by atoms with Gasteiger partial charge in [-0.2, -0.15) is 8.78 Å². The van der Waals surface area contributed by atoms with Gasteiger partial charge in [-0.1, -0.05) is 34.1 Å². The standard InChI is InChI=1S/C8H7BrF2N2/c9-6-4-2-1-3-5(6)8(10,11)7(12)13/h1-4H,(H3,12,13). The molecule has 0 atom stereocenters. The summed E-state index contributed by atoms with van der Waals surface area (Å²) >= 11 is 2.97. The van der Waals surface area contributed by atoms with Gasteiger partial charge in [-0.05, 0) is 6.07 Å². The number of nitrogens with one attached hydrogen (secondary N) is 1. The van der Waals surface area contributed by atoms with Crippen molar-refractivity contribution in [2.75, 3.05) is 0 Å². The summed E-state index contributed by atoms with van der Waals surface area (Å²) in [5, 5.41) is 6.74. The Morgan fingerprint density at radius 2 is 1.92 bits per heavy atom. The van der Waals surface area contributed by atoms with Crippen LogP contribution in [-0.2, 0) is 5.92 Å². The molecule has 0 fully saturated rings. The van der Waals surface area contributed by atoms with Crippen molar-refractivity contribution in [2.45, 2.75) is 5.92 Å². The van der Waals surface area contributed by atoms with Crippen LogP contribution in [0.15, 0.2) is 28.7 Å². The number of amidine groups is 1. The third-order valence-corrected chi connectivity index (χ3v) is 2.24. The summed E-state index contributed by atoms with van der Waals surface area (Å²) in [7, 11) is 0. The van der Waals surface area contributed by atoms with Crippen LogP contribution in [0.1, 0.15) is 5.56 Å². The third kappa shape index (κ3) is 1.85. The second kappa shape index (κ2) is 3.41. The maximum Gasteiger partial charge on any atom is 0.329 e. The van der Waals surface area contributed by atoms with E-state index in [9.17, 15) is 8.78 Å². The largest absolute Gasteiger partial charge is 0.382 e. The van der Waals surface area contributed by atoms with E-state index in [1.165, 1.54) is 18.2 Å². The highest BCUT2D eigenvalue weighted by molar-refractivity contribution is 9.10. The number of hydrogen-bond acceptors (Lipinski definition) is 1. The van der Waals surface area contributed by atoms with Gasteiger partial charge in [0.25, 0.3) is 0 Å². The zero-order valence-corrected chi connectivity index (χ0v) is 8.11. The minimum absolute atomic E-state index is 0.246. The summed E-state index contributed by atoms with van der Waals surface area (Å²) in [6.07, 6.45) is 0. The van der Waals surface area contributed by atoms with Crippen molar-refractivity contribution in [3.63, 3.8) is 0 Å². The van der Waals surface area contributed by atoms with Gasteiger partial charge in [0.1, 0.15) is 0 Å². The van der Waals surface area contributed by atoms with Gasteiger partial charge in [-0.3, -0.25) is 5.41 Å². The van der Waals surface area contributed by atoms with Crippen LogP contribution < -0.4 is 5.73 Å². The molecule has 0 bridgehead atoms. The van der Waals surface area contributed by atoms with E-state index < -0.39 is 11.8 Å². The van der Waals surface area contributed by atoms with Gasteiger partial charge in [0, 0.05) is 10.0 Å². The monoisotopic (exact) mass is 248 g/mol. The van der Waals surface area contributed by atoms with Crippen LogP contribution in [0.3, 0.4) is 0 Å². The molecule has 0 unspecified atom stereocenters. The first-order valence-electron chi connectivity index (χ1n) is 3.43. The van der Waals surface area contributed by atoms with Crippen molar-refractivity contribution in [3.05, 3.63) is 34.3 Å². The Balaban J connectivity index is 3.22. The quantitative estimate of drug-likeness (QED) is 0.613. The normalized spacial score (nSPS) is 11.3. The molecular weight excluding hydrogens is 242 g/mol. The smallest absolute Gasteiger partial charge is 0.329 e. The summed E-state index contributed by atoms with van der Waals surface area (Å²) in [6.45, 7) is 0. The molecule has 3 N–H and O–H groups in total. The molecule has 0 saturated carbocycles. The molecule has 0 aliphatic carbocycles. The van der Waals surface area contributed by atoms with Gasteiger partial charge < -0.3 is 5.73 Å². The lowest BCUT2D eigenvalue weighted by atomic mass is 10.1. The molecule has 0 radical (unpaired) electrons. The Morgan fingerprint density at radius 1 is 1.38 bits per heavy atom. The Morgan fingerprint density at radius 3 is 2.38 bits per heavy atom. The number of nitrogens with two attached hydrogens (primary N) is 1. The molecule has 0 aromatic heterocycles. The zero-order chi connectivity index (χ0) is 10.1. The van der Waals surface area contributed by atoms with Crippen LogP contribution in [0.25, 0.3) is 0 Å². The average Bonchev–Trinajstić information content (AvgIpc) is 2.04. The Bertz CT molecular complexity index is 339. The highest BCUT2D eigenvalue weighted by Crippen LogP contribution is 2.32. The van der Waals surface area contributed by atoms with Crippen molar-refractivity contribution in [1.29, 1.82) is 5.41 Å². The number of halogens is 3. The number of benzene rings is 1. The minimum atomic E-state index is -3.40. The lowest BCUT2D eigenvalue weighted by Gasteiger charge is -2.15. The van der Waals surface area contributed by atoms with Gasteiger partial charge in [0.15, 0.2) is 5.84 Å². The number of alkyl halides is 2. The molecule has 0 heterocycles. The molecule has 0 spiro atoms. The predicted molar refractivity (Wildman–Crippen MR) is 50.0 cm³/mol. The fourth-order valence-electron chi connectivity index (χ4n) is 0.861. The molecule has 0 amide bonds. The second-order valence-corrected chi connectivity index (χ2v) is 3.32. The summed E-state index contributed by atoms with van der Waals surface area (Å²) in [6, 6.07) is 5.79. The predicted octanol–water partition coefficient (Wildman–Crippen LogP) is 2.48. The molecule has 1 aromatic carbocycles. The van der Waals surface area contributed by atoms with Crippen LogP contribution in [0.2, 0.25) is 0 Å². The van der Waals surface area contributed by atoms with Crippen LogP contribution in [-0.4, -0.2) is 5.84 Å². The van der Waals surface area contributed by atoms with Gasteiger partial charge in [0.2, 0.25) is 0 Å². The Kier molecular flexibility index (Phi) is 2.66. The average molecular weight is 249 g/mol. The molecule has 13 heavy (non-hydrogen) atoms. The fourth-order valence-corrected chi connectivity index (χ4v) is 1.39. The summed E-state index contributed by atoms with van der Waals surface area (Å²) in [5.74, 6) is -4.56. The van der Waals surface area contributed by atoms with Gasteiger partial charge in [-0.25, -0.2) is 0 Å². The van der Waals surface area contributed by atoms with Crippen molar-refractivity contribution < 1.29 is 8.78 Å². The molecule has 1 rings (SSSR count).